The molecule has 0 saturated heterocycles. The van der Waals surface area contributed by atoms with Crippen LogP contribution in [0, 0.1) is 13.8 Å². The quantitative estimate of drug-likeness (QED) is 0.199. The number of aromatic nitrogens is 4. The Bertz CT molecular complexity index is 2010. The molecule has 0 fully saturated rings. The van der Waals surface area contributed by atoms with Gasteiger partial charge < -0.3 is 8.83 Å². The van der Waals surface area contributed by atoms with Crippen LogP contribution in [0.5, 0.6) is 0 Å². The van der Waals surface area contributed by atoms with E-state index < -0.39 is 0 Å². The van der Waals surface area contributed by atoms with Crippen molar-refractivity contribution in [2.45, 2.75) is 26.7 Å². The first-order valence-electron chi connectivity index (χ1n) is 14.0. The molecule has 2 heterocycles. The van der Waals surface area contributed by atoms with Crippen molar-refractivity contribution in [3.63, 3.8) is 0 Å². The van der Waals surface area contributed by atoms with Crippen molar-refractivity contribution in [3.8, 4) is 34.4 Å². The molecule has 5 aromatic carbocycles. The number of benzene rings is 5. The number of rotatable bonds is 7. The van der Waals surface area contributed by atoms with Gasteiger partial charge in [0, 0.05) is 23.6 Å². The third kappa shape index (κ3) is 5.22. The van der Waals surface area contributed by atoms with Crippen LogP contribution in [0.4, 0.5) is 0 Å². The van der Waals surface area contributed by atoms with E-state index in [4.69, 9.17) is 8.83 Å². The SMILES string of the molecule is Cc1cccc(-c2nnc(-c3cc(Cc4ccccc4)c4cc(-c5nnc(C)o5)cc(Cc5ccccc5)c4c3)o2)c1. The van der Waals surface area contributed by atoms with Crippen LogP contribution in [-0.4, -0.2) is 20.4 Å². The molecule has 0 bridgehead atoms. The van der Waals surface area contributed by atoms with Gasteiger partial charge in [-0.3, -0.25) is 0 Å². The topological polar surface area (TPSA) is 77.8 Å². The van der Waals surface area contributed by atoms with Crippen LogP contribution >= 0.6 is 0 Å². The third-order valence-corrected chi connectivity index (χ3v) is 7.43. The molecule has 204 valence electrons. The van der Waals surface area contributed by atoms with E-state index >= 15 is 0 Å². The Morgan fingerprint density at radius 1 is 0.476 bits per heavy atom. The molecule has 0 aliphatic heterocycles. The fourth-order valence-electron chi connectivity index (χ4n) is 5.43. The Labute approximate surface area is 243 Å². The highest BCUT2D eigenvalue weighted by atomic mass is 16.4. The smallest absolute Gasteiger partial charge is 0.248 e. The van der Waals surface area contributed by atoms with Crippen molar-refractivity contribution >= 4 is 10.8 Å². The van der Waals surface area contributed by atoms with Gasteiger partial charge in [-0.05, 0) is 89.2 Å². The van der Waals surface area contributed by atoms with Crippen molar-refractivity contribution in [1.29, 1.82) is 0 Å². The van der Waals surface area contributed by atoms with Crippen molar-refractivity contribution in [2.24, 2.45) is 0 Å². The van der Waals surface area contributed by atoms with E-state index in [2.05, 4.69) is 112 Å². The first-order valence-corrected chi connectivity index (χ1v) is 14.0. The Kier molecular flexibility index (Phi) is 6.64. The van der Waals surface area contributed by atoms with Crippen LogP contribution in [0.2, 0.25) is 0 Å². The van der Waals surface area contributed by atoms with Gasteiger partial charge in [0.2, 0.25) is 23.6 Å². The summed E-state index contributed by atoms with van der Waals surface area (Å²) in [6.45, 7) is 3.86. The van der Waals surface area contributed by atoms with Gasteiger partial charge in [-0.15, -0.1) is 20.4 Å². The minimum atomic E-state index is 0.491. The molecule has 0 radical (unpaired) electrons. The van der Waals surface area contributed by atoms with E-state index in [1.807, 2.05) is 31.2 Å². The van der Waals surface area contributed by atoms with Gasteiger partial charge >= 0.3 is 0 Å². The van der Waals surface area contributed by atoms with E-state index in [1.165, 1.54) is 11.1 Å². The molecule has 0 amide bonds. The maximum absolute atomic E-state index is 6.26. The third-order valence-electron chi connectivity index (χ3n) is 7.43. The molecule has 42 heavy (non-hydrogen) atoms. The Morgan fingerprint density at radius 3 is 1.52 bits per heavy atom. The Hall–Kier alpha value is -5.36. The highest BCUT2D eigenvalue weighted by Gasteiger charge is 2.18. The first kappa shape index (κ1) is 25.6. The minimum absolute atomic E-state index is 0.491. The summed E-state index contributed by atoms with van der Waals surface area (Å²) in [6.07, 6.45) is 1.48. The van der Waals surface area contributed by atoms with Gasteiger partial charge in [-0.1, -0.05) is 78.4 Å². The van der Waals surface area contributed by atoms with E-state index in [0.717, 1.165) is 57.0 Å². The molecule has 6 nitrogen and oxygen atoms in total. The second-order valence-electron chi connectivity index (χ2n) is 10.6. The lowest BCUT2D eigenvalue weighted by atomic mass is 9.89. The second-order valence-corrected chi connectivity index (χ2v) is 10.6. The summed E-state index contributed by atoms with van der Waals surface area (Å²) in [4.78, 5) is 0. The molecule has 0 aliphatic carbocycles. The molecule has 0 unspecified atom stereocenters. The van der Waals surface area contributed by atoms with Gasteiger partial charge in [0.1, 0.15) is 0 Å². The van der Waals surface area contributed by atoms with E-state index in [-0.39, 0.29) is 0 Å². The maximum atomic E-state index is 6.26. The second kappa shape index (κ2) is 10.9. The van der Waals surface area contributed by atoms with Crippen LogP contribution in [0.3, 0.4) is 0 Å². The summed E-state index contributed by atoms with van der Waals surface area (Å²) in [5.74, 6) is 2.04. The summed E-state index contributed by atoms with van der Waals surface area (Å²) in [6, 6.07) is 37.7. The molecule has 0 N–H and O–H groups in total. The zero-order valence-electron chi connectivity index (χ0n) is 23.4. The van der Waals surface area contributed by atoms with Crippen molar-refractivity contribution < 1.29 is 8.83 Å². The Balaban J connectivity index is 1.43. The lowest BCUT2D eigenvalue weighted by Crippen LogP contribution is -1.97. The molecular formula is C36H28N4O2. The fourth-order valence-corrected chi connectivity index (χ4v) is 5.43. The molecule has 0 atom stereocenters. The molecule has 7 aromatic rings. The predicted octanol–water partition coefficient (Wildman–Crippen LogP) is 8.41. The van der Waals surface area contributed by atoms with Crippen molar-refractivity contribution in [2.75, 3.05) is 0 Å². The zero-order valence-corrected chi connectivity index (χ0v) is 23.4. The largest absolute Gasteiger partial charge is 0.421 e. The van der Waals surface area contributed by atoms with Gasteiger partial charge in [-0.25, -0.2) is 0 Å². The van der Waals surface area contributed by atoms with Crippen molar-refractivity contribution in [1.82, 2.24) is 20.4 Å². The lowest BCUT2D eigenvalue weighted by Gasteiger charge is -2.15. The number of hydrogen-bond acceptors (Lipinski definition) is 6. The van der Waals surface area contributed by atoms with Crippen LogP contribution in [0.1, 0.15) is 33.7 Å². The number of aryl methyl sites for hydroxylation is 2. The minimum Gasteiger partial charge on any atom is -0.421 e. The van der Waals surface area contributed by atoms with Gasteiger partial charge in [0.15, 0.2) is 0 Å². The monoisotopic (exact) mass is 548 g/mol. The summed E-state index contributed by atoms with van der Waals surface area (Å²) in [5, 5.41) is 19.6. The molecule has 0 aliphatic rings. The Morgan fingerprint density at radius 2 is 1.00 bits per heavy atom. The molecule has 7 rings (SSSR count). The van der Waals surface area contributed by atoms with Gasteiger partial charge in [0.05, 0.1) is 0 Å². The number of hydrogen-bond donors (Lipinski definition) is 0. The summed E-state index contributed by atoms with van der Waals surface area (Å²) >= 11 is 0. The zero-order chi connectivity index (χ0) is 28.5. The van der Waals surface area contributed by atoms with Gasteiger partial charge in [0.25, 0.3) is 0 Å². The van der Waals surface area contributed by atoms with Crippen molar-refractivity contribution in [3.05, 3.63) is 143 Å². The average Bonchev–Trinajstić information content (AvgIpc) is 3.68. The van der Waals surface area contributed by atoms with Crippen LogP contribution in [0.15, 0.2) is 118 Å². The molecule has 6 heteroatoms. The van der Waals surface area contributed by atoms with E-state index in [0.29, 0.717) is 23.6 Å². The number of fused-ring (bicyclic) bond motifs is 1. The molecule has 0 spiro atoms. The highest BCUT2D eigenvalue weighted by molar-refractivity contribution is 5.95. The average molecular weight is 549 g/mol. The normalized spacial score (nSPS) is 11.3. The lowest BCUT2D eigenvalue weighted by molar-refractivity contribution is 0.533. The molecule has 2 aromatic heterocycles. The summed E-state index contributed by atoms with van der Waals surface area (Å²) in [7, 11) is 0. The molecule has 0 saturated carbocycles. The number of nitrogens with zero attached hydrogens (tertiary/aromatic N) is 4. The maximum Gasteiger partial charge on any atom is 0.248 e. The highest BCUT2D eigenvalue weighted by Crippen LogP contribution is 2.36. The first-order chi connectivity index (χ1) is 20.6. The van der Waals surface area contributed by atoms with E-state index in [9.17, 15) is 0 Å². The standard InChI is InChI=1S/C36H28N4O2/c1-23-10-9-15-27(16-23)34-39-40-36(42-34)31-20-29(18-26-13-7-4-8-14-26)32-21-30(35-38-37-24(2)41-35)19-28(33(32)22-31)17-25-11-5-3-6-12-25/h3-16,19-22H,17-18H2,1-2H3. The van der Waals surface area contributed by atoms with Gasteiger partial charge in [-0.2, -0.15) is 0 Å². The predicted molar refractivity (Wildman–Crippen MR) is 164 cm³/mol. The fraction of sp³-hybridized carbons (Fsp3) is 0.111. The molecular weight excluding hydrogens is 520 g/mol. The van der Waals surface area contributed by atoms with Crippen LogP contribution in [-0.2, 0) is 12.8 Å². The van der Waals surface area contributed by atoms with Crippen LogP contribution < -0.4 is 0 Å². The van der Waals surface area contributed by atoms with Crippen LogP contribution in [0.25, 0.3) is 45.1 Å². The summed E-state index contributed by atoms with van der Waals surface area (Å²) in [5.41, 5.74) is 8.56. The van der Waals surface area contributed by atoms with E-state index in [1.54, 1.807) is 0 Å². The summed E-state index contributed by atoms with van der Waals surface area (Å²) < 4.78 is 12.1.